The van der Waals surface area contributed by atoms with E-state index < -0.39 is 31.6 Å². The molecule has 5 rings (SSSR count). The summed E-state index contributed by atoms with van der Waals surface area (Å²) in [6.45, 7) is 4.54. The van der Waals surface area contributed by atoms with E-state index in [1.165, 1.54) is 25.2 Å². The fourth-order valence-corrected chi connectivity index (χ4v) is 5.48. The van der Waals surface area contributed by atoms with Crippen molar-refractivity contribution in [1.29, 1.82) is 0 Å². The molecule has 11 nitrogen and oxygen atoms in total. The lowest BCUT2D eigenvalue weighted by atomic mass is 10.1. The van der Waals surface area contributed by atoms with Gasteiger partial charge < -0.3 is 29.9 Å². The standard InChI is InChI=1S/C29H37F3N8O3/c1-20-23(33-6-9-38-7-2-3-8-38)14-21(43-18-29(32,16-30)17-31)15-24(20)39-10-12-40(13-11-39)28-26-22(4-5-25(41)42)36-37-27(26)34-19-35-28/h4-5,14-15,19,33H,2-3,6-13,16-18H2,1H3,(H,41,42)(H,34,35,36,37). The number of aliphatic carboxylic acids is 1. The number of hydrogen-bond acceptors (Lipinski definition) is 9. The Hall–Kier alpha value is -4.07. The number of anilines is 3. The molecule has 0 bridgehead atoms. The van der Waals surface area contributed by atoms with E-state index in [-0.39, 0.29) is 0 Å². The van der Waals surface area contributed by atoms with E-state index in [1.807, 2.05) is 6.92 Å². The Morgan fingerprint density at radius 1 is 1.12 bits per heavy atom. The van der Waals surface area contributed by atoms with Crippen molar-refractivity contribution in [2.75, 3.05) is 87.4 Å². The lowest BCUT2D eigenvalue weighted by molar-refractivity contribution is -0.131. The minimum atomic E-state index is -2.69. The maximum atomic E-state index is 14.4. The Labute approximate surface area is 247 Å². The van der Waals surface area contributed by atoms with Gasteiger partial charge in [-0.1, -0.05) is 0 Å². The van der Waals surface area contributed by atoms with Crippen molar-refractivity contribution in [1.82, 2.24) is 25.1 Å². The Kier molecular flexibility index (Phi) is 9.53. The van der Waals surface area contributed by atoms with Gasteiger partial charge in [0.2, 0.25) is 5.67 Å². The van der Waals surface area contributed by atoms with Crippen molar-refractivity contribution >= 4 is 40.3 Å². The first kappa shape index (κ1) is 30.4. The predicted molar refractivity (Wildman–Crippen MR) is 159 cm³/mol. The molecule has 2 fully saturated rings. The van der Waals surface area contributed by atoms with Crippen LogP contribution in [-0.4, -0.2) is 114 Å². The van der Waals surface area contributed by atoms with Crippen LogP contribution in [0.3, 0.4) is 0 Å². The molecule has 4 heterocycles. The molecule has 0 unspecified atom stereocenters. The number of benzene rings is 1. The molecular weight excluding hydrogens is 565 g/mol. The highest BCUT2D eigenvalue weighted by atomic mass is 19.2. The number of nitrogens with one attached hydrogen (secondary N) is 2. The maximum absolute atomic E-state index is 14.4. The average molecular weight is 603 g/mol. The summed E-state index contributed by atoms with van der Waals surface area (Å²) in [5.41, 5.74) is 0.954. The molecule has 232 valence electrons. The summed E-state index contributed by atoms with van der Waals surface area (Å²) in [7, 11) is 0. The number of rotatable bonds is 13. The van der Waals surface area contributed by atoms with Crippen LogP contribution >= 0.6 is 0 Å². The van der Waals surface area contributed by atoms with Gasteiger partial charge in [-0.25, -0.2) is 27.9 Å². The highest BCUT2D eigenvalue weighted by molar-refractivity contribution is 5.96. The molecule has 3 N–H and O–H groups in total. The number of hydrogen-bond donors (Lipinski definition) is 3. The van der Waals surface area contributed by atoms with Gasteiger partial charge in [-0.05, 0) is 44.5 Å². The van der Waals surface area contributed by atoms with Gasteiger partial charge in [0, 0.05) is 68.9 Å². The second-order valence-electron chi connectivity index (χ2n) is 11.0. The van der Waals surface area contributed by atoms with Gasteiger partial charge in [0.05, 0.1) is 11.1 Å². The number of aromatic nitrogens is 4. The number of alkyl halides is 3. The first-order chi connectivity index (χ1) is 20.8. The number of piperazine rings is 1. The number of ether oxygens (including phenoxy) is 1. The number of nitrogens with zero attached hydrogens (tertiary/aromatic N) is 6. The molecular formula is C29H37F3N8O3. The summed E-state index contributed by atoms with van der Waals surface area (Å²) in [6, 6.07) is 3.56. The second kappa shape index (κ2) is 13.5. The van der Waals surface area contributed by atoms with Gasteiger partial charge in [0.25, 0.3) is 0 Å². The van der Waals surface area contributed by atoms with Crippen LogP contribution in [0.2, 0.25) is 0 Å². The van der Waals surface area contributed by atoms with E-state index in [4.69, 9.17) is 9.84 Å². The van der Waals surface area contributed by atoms with Crippen LogP contribution in [0.25, 0.3) is 17.1 Å². The van der Waals surface area contributed by atoms with Crippen LogP contribution in [0, 0.1) is 6.92 Å². The summed E-state index contributed by atoms with van der Waals surface area (Å²) in [4.78, 5) is 26.5. The number of aromatic amines is 1. The molecule has 0 saturated carbocycles. The number of carboxylic acid groups (broad SMARTS) is 1. The molecule has 0 aliphatic carbocycles. The average Bonchev–Trinajstić information content (AvgIpc) is 3.70. The van der Waals surface area contributed by atoms with Gasteiger partial charge in [0.15, 0.2) is 5.65 Å². The fraction of sp³-hybridized carbons (Fsp3) is 0.517. The van der Waals surface area contributed by atoms with E-state index >= 15 is 0 Å². The highest BCUT2D eigenvalue weighted by Crippen LogP contribution is 2.35. The largest absolute Gasteiger partial charge is 0.490 e. The first-order valence-electron chi connectivity index (χ1n) is 14.4. The third-order valence-electron chi connectivity index (χ3n) is 7.94. The van der Waals surface area contributed by atoms with Crippen LogP contribution in [0.1, 0.15) is 24.1 Å². The lowest BCUT2D eigenvalue weighted by Gasteiger charge is -2.38. The molecule has 1 aromatic carbocycles. The molecule has 2 aromatic heterocycles. The van der Waals surface area contributed by atoms with Crippen molar-refractivity contribution in [3.63, 3.8) is 0 Å². The number of carbonyl (C=O) groups is 1. The number of carboxylic acids is 1. The molecule has 0 radical (unpaired) electrons. The fourth-order valence-electron chi connectivity index (χ4n) is 5.48. The third kappa shape index (κ3) is 7.12. The van der Waals surface area contributed by atoms with Gasteiger partial charge in [-0.2, -0.15) is 5.10 Å². The van der Waals surface area contributed by atoms with Crippen molar-refractivity contribution in [2.45, 2.75) is 25.4 Å². The van der Waals surface area contributed by atoms with E-state index in [2.05, 4.69) is 40.2 Å². The molecule has 0 atom stereocenters. The summed E-state index contributed by atoms with van der Waals surface area (Å²) in [5, 5.41) is 20.2. The Bertz CT molecular complexity index is 1430. The minimum Gasteiger partial charge on any atom is -0.490 e. The zero-order valence-corrected chi connectivity index (χ0v) is 24.2. The number of halogens is 3. The van der Waals surface area contributed by atoms with E-state index in [0.717, 1.165) is 42.6 Å². The maximum Gasteiger partial charge on any atom is 0.328 e. The van der Waals surface area contributed by atoms with Crippen molar-refractivity contribution < 1.29 is 27.8 Å². The monoisotopic (exact) mass is 602 g/mol. The quantitative estimate of drug-likeness (QED) is 0.250. The smallest absolute Gasteiger partial charge is 0.328 e. The molecule has 3 aromatic rings. The molecule has 2 aliphatic rings. The van der Waals surface area contributed by atoms with Gasteiger partial charge in [-0.3, -0.25) is 5.10 Å². The van der Waals surface area contributed by atoms with Gasteiger partial charge >= 0.3 is 5.97 Å². The van der Waals surface area contributed by atoms with Crippen LogP contribution in [0.4, 0.5) is 30.4 Å². The topological polar surface area (TPSA) is 123 Å². The molecule has 2 aliphatic heterocycles. The predicted octanol–water partition coefficient (Wildman–Crippen LogP) is 3.62. The third-order valence-corrected chi connectivity index (χ3v) is 7.94. The molecule has 43 heavy (non-hydrogen) atoms. The summed E-state index contributed by atoms with van der Waals surface area (Å²) >= 11 is 0. The molecule has 0 amide bonds. The normalized spacial score (nSPS) is 16.5. The molecule has 14 heteroatoms. The minimum absolute atomic E-state index is 0.335. The second-order valence-corrected chi connectivity index (χ2v) is 11.0. The van der Waals surface area contributed by atoms with Crippen LogP contribution in [-0.2, 0) is 4.79 Å². The summed E-state index contributed by atoms with van der Waals surface area (Å²) in [5.74, 6) is -0.0964. The van der Waals surface area contributed by atoms with Crippen molar-refractivity contribution in [3.8, 4) is 5.75 Å². The van der Waals surface area contributed by atoms with Crippen LogP contribution < -0.4 is 19.9 Å². The SMILES string of the molecule is Cc1c(NCCN2CCCC2)cc(OCC(F)(CF)CF)cc1N1CCN(c2ncnc3[nH]nc(C=CC(=O)O)c23)CC1. The van der Waals surface area contributed by atoms with Gasteiger partial charge in [-0.15, -0.1) is 0 Å². The van der Waals surface area contributed by atoms with E-state index in [0.29, 0.717) is 61.0 Å². The Morgan fingerprint density at radius 2 is 1.84 bits per heavy atom. The van der Waals surface area contributed by atoms with Crippen LogP contribution in [0.15, 0.2) is 24.5 Å². The van der Waals surface area contributed by atoms with Crippen molar-refractivity contribution in [3.05, 3.63) is 35.8 Å². The van der Waals surface area contributed by atoms with E-state index in [1.54, 1.807) is 12.1 Å². The zero-order valence-electron chi connectivity index (χ0n) is 24.2. The zero-order chi connectivity index (χ0) is 30.4. The number of H-pyrrole nitrogens is 1. The molecule has 2 saturated heterocycles. The highest BCUT2D eigenvalue weighted by Gasteiger charge is 2.32. The summed E-state index contributed by atoms with van der Waals surface area (Å²) in [6.07, 6.45) is 6.28. The van der Waals surface area contributed by atoms with E-state index in [9.17, 15) is 18.0 Å². The summed E-state index contributed by atoms with van der Waals surface area (Å²) < 4.78 is 46.3. The number of fused-ring (bicyclic) bond motifs is 1. The molecule has 0 spiro atoms. The lowest BCUT2D eigenvalue weighted by Crippen LogP contribution is -2.47. The van der Waals surface area contributed by atoms with Crippen LogP contribution in [0.5, 0.6) is 5.75 Å². The first-order valence-corrected chi connectivity index (χ1v) is 14.4. The van der Waals surface area contributed by atoms with Crippen molar-refractivity contribution in [2.24, 2.45) is 0 Å². The Morgan fingerprint density at radius 3 is 2.53 bits per heavy atom. The Balaban J connectivity index is 1.35. The number of likely N-dealkylation sites (tertiary alicyclic amines) is 1. The van der Waals surface area contributed by atoms with Gasteiger partial charge in [0.1, 0.15) is 37.9 Å².